The molecule has 0 fully saturated rings. The number of carbonyl (C=O) groups is 1. The number of carbonyl (C=O) groups excluding carboxylic acids is 1. The van der Waals surface area contributed by atoms with Gasteiger partial charge in [0, 0.05) is 11.8 Å². The van der Waals surface area contributed by atoms with Crippen molar-refractivity contribution in [3.05, 3.63) is 59.0 Å². The predicted octanol–water partition coefficient (Wildman–Crippen LogP) is 3.94. The Kier molecular flexibility index (Phi) is 5.31. The predicted molar refractivity (Wildman–Crippen MR) is 122 cm³/mol. The maximum absolute atomic E-state index is 13.2. The van der Waals surface area contributed by atoms with Crippen LogP contribution in [0.15, 0.2) is 36.5 Å². The first-order valence-electron chi connectivity index (χ1n) is 10.1. The number of aryl methyl sites for hydroxylation is 1. The fourth-order valence-corrected chi connectivity index (χ4v) is 3.70. The Morgan fingerprint density at radius 2 is 1.94 bits per heavy atom. The molecule has 4 rings (SSSR count). The Hall–Kier alpha value is -3.92. The highest BCUT2D eigenvalue weighted by Crippen LogP contribution is 2.34. The zero-order chi connectivity index (χ0) is 23.0. The molecule has 0 spiro atoms. The number of terminal acetylenes is 1. The maximum Gasteiger partial charge on any atom is 0.262 e. The van der Waals surface area contributed by atoms with Crippen LogP contribution in [0.5, 0.6) is 11.6 Å². The first-order valence-corrected chi connectivity index (χ1v) is 10.1. The van der Waals surface area contributed by atoms with E-state index in [2.05, 4.69) is 15.9 Å². The van der Waals surface area contributed by atoms with E-state index in [0.29, 0.717) is 40.9 Å². The fourth-order valence-electron chi connectivity index (χ4n) is 3.70. The van der Waals surface area contributed by atoms with Gasteiger partial charge in [-0.25, -0.2) is 9.97 Å². The van der Waals surface area contributed by atoms with Gasteiger partial charge in [0.15, 0.2) is 5.75 Å². The molecule has 0 radical (unpaired) electrons. The van der Waals surface area contributed by atoms with E-state index in [4.69, 9.17) is 20.9 Å². The Labute approximate surface area is 187 Å². The normalized spacial score (nSPS) is 13.0. The van der Waals surface area contributed by atoms with E-state index in [-0.39, 0.29) is 5.91 Å². The molecule has 0 bridgehead atoms. The summed E-state index contributed by atoms with van der Waals surface area (Å²) in [5.74, 6) is 4.10. The van der Waals surface area contributed by atoms with Crippen molar-refractivity contribution in [2.45, 2.75) is 32.7 Å². The van der Waals surface area contributed by atoms with Crippen molar-refractivity contribution < 1.29 is 14.3 Å². The lowest BCUT2D eigenvalue weighted by Crippen LogP contribution is -2.26. The van der Waals surface area contributed by atoms with Gasteiger partial charge in [-0.1, -0.05) is 12.0 Å². The number of hydrogen-bond donors (Lipinski definition) is 0. The van der Waals surface area contributed by atoms with Crippen molar-refractivity contribution in [1.29, 1.82) is 0 Å². The van der Waals surface area contributed by atoms with E-state index < -0.39 is 5.41 Å². The smallest absolute Gasteiger partial charge is 0.262 e. The number of methoxy groups -OCH3 is 2. The quantitative estimate of drug-likeness (QED) is 0.573. The van der Waals surface area contributed by atoms with Gasteiger partial charge in [0.05, 0.1) is 48.8 Å². The third-order valence-electron chi connectivity index (χ3n) is 5.60. The molecule has 1 amide bonds. The van der Waals surface area contributed by atoms with Gasteiger partial charge in [0.25, 0.3) is 11.8 Å². The van der Waals surface area contributed by atoms with Crippen molar-refractivity contribution in [2.24, 2.45) is 0 Å². The molecule has 0 aliphatic carbocycles. The summed E-state index contributed by atoms with van der Waals surface area (Å²) in [5.41, 5.74) is 3.83. The molecule has 3 aromatic heterocycles. The topological polar surface area (TPSA) is 77.4 Å². The van der Waals surface area contributed by atoms with Gasteiger partial charge >= 0.3 is 0 Å². The van der Waals surface area contributed by atoms with Crippen LogP contribution in [0.2, 0.25) is 0 Å². The number of fused-ring (bicyclic) bond motifs is 1. The van der Waals surface area contributed by atoms with Crippen LogP contribution in [-0.4, -0.2) is 35.1 Å². The molecule has 162 valence electrons. The lowest BCUT2D eigenvalue weighted by molar-refractivity contribution is 0.0995. The fraction of sp³-hybridized carbons (Fsp3) is 0.280. The van der Waals surface area contributed by atoms with Gasteiger partial charge in [0.1, 0.15) is 5.82 Å². The molecule has 1 aliphatic heterocycles. The summed E-state index contributed by atoms with van der Waals surface area (Å²) < 4.78 is 10.6. The minimum atomic E-state index is -0.534. The number of rotatable bonds is 5. The van der Waals surface area contributed by atoms with Crippen molar-refractivity contribution in [2.75, 3.05) is 19.1 Å². The van der Waals surface area contributed by atoms with Gasteiger partial charge in [-0.2, -0.15) is 0 Å². The first-order chi connectivity index (χ1) is 15.3. The number of ether oxygens (including phenoxy) is 2. The molecule has 32 heavy (non-hydrogen) atoms. The van der Waals surface area contributed by atoms with Crippen LogP contribution < -0.4 is 14.4 Å². The zero-order valence-electron chi connectivity index (χ0n) is 18.8. The number of pyridine rings is 3. The van der Waals surface area contributed by atoms with Gasteiger partial charge in [0.2, 0.25) is 0 Å². The molecule has 3 aromatic rings. The Balaban J connectivity index is 1.72. The molecule has 0 unspecified atom stereocenters. The lowest BCUT2D eigenvalue weighted by atomic mass is 9.90. The minimum absolute atomic E-state index is 0.120. The highest BCUT2D eigenvalue weighted by molar-refractivity contribution is 6.10. The first kappa shape index (κ1) is 21.3. The third kappa shape index (κ3) is 3.54. The molecule has 0 aromatic carbocycles. The molecule has 0 N–H and O–H groups in total. The van der Waals surface area contributed by atoms with E-state index in [1.165, 1.54) is 7.11 Å². The summed E-state index contributed by atoms with van der Waals surface area (Å²) in [6.45, 7) is 6.09. The van der Waals surface area contributed by atoms with Crippen molar-refractivity contribution >= 4 is 11.7 Å². The second-order valence-electron chi connectivity index (χ2n) is 8.12. The van der Waals surface area contributed by atoms with Crippen LogP contribution in [0.4, 0.5) is 5.82 Å². The van der Waals surface area contributed by atoms with E-state index in [1.807, 2.05) is 51.1 Å². The maximum atomic E-state index is 13.2. The summed E-state index contributed by atoms with van der Waals surface area (Å²) in [7, 11) is 3.10. The Bertz CT molecular complexity index is 1260. The van der Waals surface area contributed by atoms with Crippen LogP contribution in [0.3, 0.4) is 0 Å². The number of aromatic nitrogens is 3. The van der Waals surface area contributed by atoms with Crippen LogP contribution in [0.25, 0.3) is 11.3 Å². The molecule has 0 atom stereocenters. The molecule has 4 heterocycles. The van der Waals surface area contributed by atoms with Gasteiger partial charge < -0.3 is 9.47 Å². The van der Waals surface area contributed by atoms with Crippen molar-refractivity contribution in [3.63, 3.8) is 0 Å². The second-order valence-corrected chi connectivity index (χ2v) is 8.12. The van der Waals surface area contributed by atoms with Crippen molar-refractivity contribution in [3.8, 4) is 35.2 Å². The number of amides is 1. The molecular weight excluding hydrogens is 404 g/mol. The SMILES string of the molecule is C#CC(C)(C)c1cccc(N2Cc3nc(-c4cnc(OC)c(OC)c4)cc(C)c3C2=O)n1. The van der Waals surface area contributed by atoms with E-state index >= 15 is 0 Å². The van der Waals surface area contributed by atoms with Gasteiger partial charge in [-0.15, -0.1) is 6.42 Å². The Morgan fingerprint density at radius 1 is 1.16 bits per heavy atom. The highest BCUT2D eigenvalue weighted by atomic mass is 16.5. The largest absolute Gasteiger partial charge is 0.491 e. The summed E-state index contributed by atoms with van der Waals surface area (Å²) in [6, 6.07) is 9.26. The lowest BCUT2D eigenvalue weighted by Gasteiger charge is -2.20. The summed E-state index contributed by atoms with van der Waals surface area (Å²) >= 11 is 0. The second kappa shape index (κ2) is 7.97. The Morgan fingerprint density at radius 3 is 2.62 bits per heavy atom. The number of anilines is 1. The van der Waals surface area contributed by atoms with Crippen LogP contribution in [0, 0.1) is 19.3 Å². The number of nitrogens with zero attached hydrogens (tertiary/aromatic N) is 4. The van der Waals surface area contributed by atoms with Crippen LogP contribution >= 0.6 is 0 Å². The molecule has 1 aliphatic rings. The average Bonchev–Trinajstić information content (AvgIpc) is 3.15. The monoisotopic (exact) mass is 428 g/mol. The van der Waals surface area contributed by atoms with E-state index in [9.17, 15) is 4.79 Å². The minimum Gasteiger partial charge on any atom is -0.491 e. The van der Waals surface area contributed by atoms with Crippen LogP contribution in [0.1, 0.15) is 41.2 Å². The molecule has 7 nitrogen and oxygen atoms in total. The summed E-state index contributed by atoms with van der Waals surface area (Å²) in [4.78, 5) is 28.6. The van der Waals surface area contributed by atoms with E-state index in [1.54, 1.807) is 18.2 Å². The number of hydrogen-bond acceptors (Lipinski definition) is 6. The van der Waals surface area contributed by atoms with Gasteiger partial charge in [-0.3, -0.25) is 14.7 Å². The van der Waals surface area contributed by atoms with E-state index in [0.717, 1.165) is 16.8 Å². The van der Waals surface area contributed by atoms with Crippen LogP contribution in [-0.2, 0) is 12.0 Å². The molecule has 0 saturated carbocycles. The molecular formula is C25H24N4O3. The highest BCUT2D eigenvalue weighted by Gasteiger charge is 2.33. The summed E-state index contributed by atoms with van der Waals surface area (Å²) in [5, 5.41) is 0. The third-order valence-corrected chi connectivity index (χ3v) is 5.60. The molecule has 7 heteroatoms. The summed E-state index contributed by atoms with van der Waals surface area (Å²) in [6.07, 6.45) is 7.34. The van der Waals surface area contributed by atoms with Gasteiger partial charge in [-0.05, 0) is 50.6 Å². The zero-order valence-corrected chi connectivity index (χ0v) is 18.8. The average molecular weight is 428 g/mol. The molecule has 0 saturated heterocycles. The van der Waals surface area contributed by atoms with Crippen molar-refractivity contribution in [1.82, 2.24) is 15.0 Å². The standard InChI is InChI=1S/C25H24N4O3/c1-7-25(3,4)20-9-8-10-21(28-20)29-14-18-22(24(29)30)15(2)11-17(27-18)16-12-19(31-5)23(32-6)26-13-16/h1,8-13H,14H2,2-6H3.